The molecule has 1 heterocycles. The van der Waals surface area contributed by atoms with Gasteiger partial charge in [0.05, 0.1) is 0 Å². The van der Waals surface area contributed by atoms with Gasteiger partial charge in [0, 0.05) is 51.6 Å². The highest BCUT2D eigenvalue weighted by Crippen LogP contribution is 2.19. The maximum atomic E-state index is 5.97. The van der Waals surface area contributed by atoms with Crippen LogP contribution >= 0.6 is 24.4 Å². The Morgan fingerprint density at radius 1 is 0.906 bits per heavy atom. The number of nitrogens with zero attached hydrogens (tertiary/aromatic N) is 4. The number of hydrogen-bond donors (Lipinski definition) is 0. The Morgan fingerprint density at radius 2 is 1.53 bits per heavy atom. The third kappa shape index (κ3) is 6.04. The number of ether oxygens (including phenoxy) is 2. The molecule has 1 aromatic heterocycles. The molecule has 168 valence electrons. The Labute approximate surface area is 199 Å². The van der Waals surface area contributed by atoms with Crippen molar-refractivity contribution in [1.29, 1.82) is 0 Å². The molecule has 0 amide bonds. The smallest absolute Gasteiger partial charge is 0.209 e. The van der Waals surface area contributed by atoms with E-state index in [0.29, 0.717) is 41.7 Å². The van der Waals surface area contributed by atoms with E-state index < -0.39 is 0 Å². The lowest BCUT2D eigenvalue weighted by atomic mass is 10.2. The van der Waals surface area contributed by atoms with Gasteiger partial charge in [-0.3, -0.25) is 4.99 Å². The van der Waals surface area contributed by atoms with E-state index in [9.17, 15) is 0 Å². The predicted molar refractivity (Wildman–Crippen MR) is 134 cm³/mol. The quantitative estimate of drug-likeness (QED) is 0.178. The Morgan fingerprint density at radius 3 is 2.19 bits per heavy atom. The minimum Gasteiger partial charge on any atom is -0.385 e. The van der Waals surface area contributed by atoms with Gasteiger partial charge in [0.1, 0.15) is 11.7 Å². The summed E-state index contributed by atoms with van der Waals surface area (Å²) in [6.07, 6.45) is 1.60. The summed E-state index contributed by atoms with van der Waals surface area (Å²) < 4.78 is 15.2. The van der Waals surface area contributed by atoms with E-state index in [1.807, 2.05) is 65.2 Å². The molecule has 3 aromatic rings. The monoisotopic (exact) mass is 468 g/mol. The minimum atomic E-state index is 0.381. The summed E-state index contributed by atoms with van der Waals surface area (Å²) in [5.74, 6) is 1.45. The van der Waals surface area contributed by atoms with Gasteiger partial charge in [0.15, 0.2) is 4.77 Å². The summed E-state index contributed by atoms with van der Waals surface area (Å²) >= 11 is 11.7. The van der Waals surface area contributed by atoms with Crippen molar-refractivity contribution in [3.05, 3.63) is 75.8 Å². The van der Waals surface area contributed by atoms with Crippen LogP contribution in [-0.2, 0) is 16.0 Å². The highest BCUT2D eigenvalue weighted by atomic mass is 32.1. The Kier molecular flexibility index (Phi) is 9.43. The zero-order valence-corrected chi connectivity index (χ0v) is 20.1. The lowest BCUT2D eigenvalue weighted by molar-refractivity contribution is 0.190. The van der Waals surface area contributed by atoms with Gasteiger partial charge in [0.2, 0.25) is 4.77 Å². The summed E-state index contributed by atoms with van der Waals surface area (Å²) in [5, 5.41) is 0. The maximum Gasteiger partial charge on any atom is 0.209 e. The molecule has 0 spiro atoms. The minimum absolute atomic E-state index is 0.381. The lowest BCUT2D eigenvalue weighted by Crippen LogP contribution is -2.23. The second-order valence-electron chi connectivity index (χ2n) is 7.12. The van der Waals surface area contributed by atoms with Crippen LogP contribution in [-0.4, -0.2) is 53.9 Å². The number of hydrogen-bond acceptors (Lipinski definition) is 6. The third-order valence-corrected chi connectivity index (χ3v) is 5.52. The number of aliphatic imine (C=N–C) groups is 1. The fraction of sp³-hybridized carbons (Fsp3) is 0.333. The van der Waals surface area contributed by atoms with Crippen molar-refractivity contribution < 1.29 is 9.47 Å². The average molecular weight is 469 g/mol. The Hall–Kier alpha value is -2.52. The van der Waals surface area contributed by atoms with E-state index in [-0.39, 0.29) is 0 Å². The molecule has 0 aliphatic heterocycles. The van der Waals surface area contributed by atoms with Gasteiger partial charge >= 0.3 is 0 Å². The van der Waals surface area contributed by atoms with E-state index in [1.165, 1.54) is 0 Å². The van der Waals surface area contributed by atoms with Crippen LogP contribution < -0.4 is 0 Å². The second kappa shape index (κ2) is 12.5. The standard InChI is InChI=1S/C24H28N4O2S2/c1-29-17-9-15-25-21(19-11-5-3-6-12-19)28-23(31)26-22(20-13-7-4-8-14-20)27(24(28)32)16-10-18-30-2/h3-8,11-14H,9-10,15-18H2,1-2H3. The van der Waals surface area contributed by atoms with Gasteiger partial charge in [-0.2, -0.15) is 0 Å². The molecule has 0 aliphatic rings. The van der Waals surface area contributed by atoms with Crippen molar-refractivity contribution in [2.75, 3.05) is 34.0 Å². The summed E-state index contributed by atoms with van der Waals surface area (Å²) in [5.41, 5.74) is 1.90. The summed E-state index contributed by atoms with van der Waals surface area (Å²) in [6, 6.07) is 19.9. The first kappa shape index (κ1) is 24.1. The maximum absolute atomic E-state index is 5.97. The van der Waals surface area contributed by atoms with E-state index in [2.05, 4.69) is 0 Å². The topological polar surface area (TPSA) is 53.6 Å². The fourth-order valence-electron chi connectivity index (χ4n) is 3.32. The predicted octanol–water partition coefficient (Wildman–Crippen LogP) is 5.18. The fourth-order valence-corrected chi connectivity index (χ4v) is 3.99. The van der Waals surface area contributed by atoms with Crippen LogP contribution in [0.2, 0.25) is 0 Å². The zero-order chi connectivity index (χ0) is 22.8. The van der Waals surface area contributed by atoms with Gasteiger partial charge in [0.25, 0.3) is 0 Å². The van der Waals surface area contributed by atoms with Crippen molar-refractivity contribution in [3.8, 4) is 11.4 Å². The number of rotatable bonds is 10. The highest BCUT2D eigenvalue weighted by molar-refractivity contribution is 7.72. The molecular weight excluding hydrogens is 440 g/mol. The molecule has 0 saturated carbocycles. The van der Waals surface area contributed by atoms with Gasteiger partial charge in [-0.1, -0.05) is 60.7 Å². The van der Waals surface area contributed by atoms with Crippen molar-refractivity contribution in [2.24, 2.45) is 4.99 Å². The van der Waals surface area contributed by atoms with Gasteiger partial charge in [-0.15, -0.1) is 0 Å². The van der Waals surface area contributed by atoms with Crippen molar-refractivity contribution in [1.82, 2.24) is 14.1 Å². The average Bonchev–Trinajstić information content (AvgIpc) is 2.83. The van der Waals surface area contributed by atoms with Gasteiger partial charge in [-0.05, 0) is 37.3 Å². The summed E-state index contributed by atoms with van der Waals surface area (Å²) in [4.78, 5) is 9.65. The Bertz CT molecular complexity index is 1140. The van der Waals surface area contributed by atoms with Gasteiger partial charge in [-0.25, -0.2) is 9.55 Å². The molecule has 0 unspecified atom stereocenters. The SMILES string of the molecule is COCCCN=C(c1ccccc1)n1c(=S)nc(-c2ccccc2)n(CCCOC)c1=S. The number of methoxy groups -OCH3 is 2. The molecule has 0 fully saturated rings. The summed E-state index contributed by atoms with van der Waals surface area (Å²) in [7, 11) is 3.39. The van der Waals surface area contributed by atoms with Gasteiger partial charge < -0.3 is 14.0 Å². The first-order valence-electron chi connectivity index (χ1n) is 10.5. The summed E-state index contributed by atoms with van der Waals surface area (Å²) in [6.45, 7) is 2.52. The first-order chi connectivity index (χ1) is 15.7. The van der Waals surface area contributed by atoms with Crippen LogP contribution in [0.25, 0.3) is 11.4 Å². The van der Waals surface area contributed by atoms with Crippen molar-refractivity contribution >= 4 is 30.3 Å². The van der Waals surface area contributed by atoms with Crippen LogP contribution in [0.5, 0.6) is 0 Å². The van der Waals surface area contributed by atoms with Crippen LogP contribution in [0.15, 0.2) is 65.7 Å². The Balaban J connectivity index is 2.18. The molecule has 8 heteroatoms. The normalized spacial score (nSPS) is 11.6. The van der Waals surface area contributed by atoms with Crippen LogP contribution in [0.4, 0.5) is 0 Å². The third-order valence-electron chi connectivity index (χ3n) is 4.84. The molecule has 0 N–H and O–H groups in total. The van der Waals surface area contributed by atoms with E-state index in [1.54, 1.807) is 18.8 Å². The molecule has 0 bridgehead atoms. The van der Waals surface area contributed by atoms with Crippen molar-refractivity contribution in [3.63, 3.8) is 0 Å². The molecule has 32 heavy (non-hydrogen) atoms. The second-order valence-corrected chi connectivity index (χ2v) is 7.85. The number of benzene rings is 2. The van der Waals surface area contributed by atoms with E-state index >= 15 is 0 Å². The molecule has 3 rings (SSSR count). The number of aromatic nitrogens is 3. The van der Waals surface area contributed by atoms with E-state index in [4.69, 9.17) is 43.9 Å². The molecular formula is C24H28N4O2S2. The molecule has 0 saturated heterocycles. The van der Waals surface area contributed by atoms with Crippen molar-refractivity contribution in [2.45, 2.75) is 19.4 Å². The van der Waals surface area contributed by atoms with Crippen LogP contribution in [0.1, 0.15) is 18.4 Å². The zero-order valence-electron chi connectivity index (χ0n) is 18.4. The molecule has 0 radical (unpaired) electrons. The largest absolute Gasteiger partial charge is 0.385 e. The molecule has 6 nitrogen and oxygen atoms in total. The molecule has 0 atom stereocenters. The highest BCUT2D eigenvalue weighted by Gasteiger charge is 2.15. The van der Waals surface area contributed by atoms with Crippen LogP contribution in [0.3, 0.4) is 0 Å². The van der Waals surface area contributed by atoms with Crippen LogP contribution in [0, 0.1) is 9.54 Å². The molecule has 2 aromatic carbocycles. The first-order valence-corrected chi connectivity index (χ1v) is 11.4. The van der Waals surface area contributed by atoms with E-state index in [0.717, 1.165) is 29.8 Å². The lowest BCUT2D eigenvalue weighted by Gasteiger charge is -2.19. The molecule has 0 aliphatic carbocycles.